The zero-order valence-electron chi connectivity index (χ0n) is 15.1. The second-order valence-electron chi connectivity index (χ2n) is 6.05. The Morgan fingerprint density at radius 3 is 2.52 bits per heavy atom. The molecule has 3 rings (SSSR count). The minimum absolute atomic E-state index is 0.0929. The first-order valence-corrected chi connectivity index (χ1v) is 9.20. The molecule has 10 heteroatoms. The molecule has 2 heterocycles. The van der Waals surface area contributed by atoms with Crippen molar-refractivity contribution in [1.82, 2.24) is 15.0 Å². The van der Waals surface area contributed by atoms with Crippen LogP contribution in [-0.2, 0) is 12.6 Å². The Kier molecular flexibility index (Phi) is 6.44. The van der Waals surface area contributed by atoms with E-state index in [1.807, 2.05) is 0 Å². The first kappa shape index (κ1) is 21.1. The minimum Gasteiger partial charge on any atom is -0.437 e. The molecule has 0 unspecified atom stereocenters. The molecule has 0 aliphatic carbocycles. The van der Waals surface area contributed by atoms with Crippen molar-refractivity contribution in [2.45, 2.75) is 19.5 Å². The molecule has 0 spiro atoms. The number of nitrogens with zero attached hydrogens (tertiary/aromatic N) is 3. The van der Waals surface area contributed by atoms with E-state index in [4.69, 9.17) is 27.9 Å². The maximum atomic E-state index is 12.7. The molecule has 1 aromatic carbocycles. The van der Waals surface area contributed by atoms with Gasteiger partial charge in [0, 0.05) is 18.8 Å². The van der Waals surface area contributed by atoms with E-state index >= 15 is 0 Å². The molecule has 0 radical (unpaired) electrons. The van der Waals surface area contributed by atoms with Crippen LogP contribution in [-0.4, -0.2) is 21.5 Å². The van der Waals surface area contributed by atoms with Crippen LogP contribution in [0.15, 0.2) is 42.9 Å². The molecule has 0 amide bonds. The van der Waals surface area contributed by atoms with Crippen molar-refractivity contribution < 1.29 is 17.9 Å². The molecule has 5 nitrogen and oxygen atoms in total. The molecule has 1 N–H and O–H groups in total. The summed E-state index contributed by atoms with van der Waals surface area (Å²) >= 11 is 12.0. The maximum Gasteiger partial charge on any atom is 0.416 e. The van der Waals surface area contributed by atoms with Gasteiger partial charge in [-0.25, -0.2) is 15.0 Å². The van der Waals surface area contributed by atoms with E-state index in [0.29, 0.717) is 29.5 Å². The van der Waals surface area contributed by atoms with E-state index in [2.05, 4.69) is 20.3 Å². The fraction of sp³-hybridized carbons (Fsp3) is 0.211. The number of benzene rings is 1. The Bertz CT molecular complexity index is 998. The number of aryl methyl sites for hydroxylation is 1. The predicted molar refractivity (Wildman–Crippen MR) is 105 cm³/mol. The van der Waals surface area contributed by atoms with Crippen molar-refractivity contribution in [1.29, 1.82) is 0 Å². The van der Waals surface area contributed by atoms with Crippen LogP contribution in [0.1, 0.15) is 16.8 Å². The van der Waals surface area contributed by atoms with E-state index in [1.165, 1.54) is 6.33 Å². The SMILES string of the molecule is Cc1ncnc(NCCc2ccc(Oc3ccc(C(F)(F)F)cc3Cl)nc2)c1Cl. The molecule has 0 saturated heterocycles. The van der Waals surface area contributed by atoms with E-state index < -0.39 is 11.7 Å². The van der Waals surface area contributed by atoms with Gasteiger partial charge >= 0.3 is 6.18 Å². The number of anilines is 1. The van der Waals surface area contributed by atoms with Crippen LogP contribution in [0.4, 0.5) is 19.0 Å². The number of rotatable bonds is 6. The van der Waals surface area contributed by atoms with Gasteiger partial charge in [-0.2, -0.15) is 13.2 Å². The number of pyridine rings is 1. The highest BCUT2D eigenvalue weighted by molar-refractivity contribution is 6.33. The molecule has 0 atom stereocenters. The number of ether oxygens (including phenoxy) is 1. The maximum absolute atomic E-state index is 12.7. The van der Waals surface area contributed by atoms with Gasteiger partial charge in [0.1, 0.15) is 22.9 Å². The van der Waals surface area contributed by atoms with Crippen LogP contribution >= 0.6 is 23.2 Å². The summed E-state index contributed by atoms with van der Waals surface area (Å²) < 4.78 is 43.5. The molecule has 0 bridgehead atoms. The average Bonchev–Trinajstić information content (AvgIpc) is 2.67. The quantitative estimate of drug-likeness (QED) is 0.510. The molecular formula is C19H15Cl2F3N4O. The Labute approximate surface area is 174 Å². The topological polar surface area (TPSA) is 59.9 Å². The lowest BCUT2D eigenvalue weighted by atomic mass is 10.2. The lowest BCUT2D eigenvalue weighted by Crippen LogP contribution is -2.08. The molecular weight excluding hydrogens is 428 g/mol. The molecule has 0 aliphatic heterocycles. The highest BCUT2D eigenvalue weighted by Crippen LogP contribution is 2.36. The second-order valence-corrected chi connectivity index (χ2v) is 6.83. The highest BCUT2D eigenvalue weighted by atomic mass is 35.5. The first-order valence-electron chi connectivity index (χ1n) is 8.44. The monoisotopic (exact) mass is 442 g/mol. The van der Waals surface area contributed by atoms with Gasteiger partial charge in [-0.15, -0.1) is 0 Å². The van der Waals surface area contributed by atoms with E-state index in [1.54, 1.807) is 25.3 Å². The van der Waals surface area contributed by atoms with E-state index in [9.17, 15) is 13.2 Å². The Morgan fingerprint density at radius 2 is 1.86 bits per heavy atom. The summed E-state index contributed by atoms with van der Waals surface area (Å²) in [6.07, 6.45) is -0.774. The van der Waals surface area contributed by atoms with Crippen LogP contribution in [0.3, 0.4) is 0 Å². The molecule has 3 aromatic rings. The predicted octanol–water partition coefficient (Wildman–Crippen LogP) is 5.95. The standard InChI is InChI=1S/C19H15Cl2F3N4O/c1-11-17(21)18(28-10-27-11)25-7-6-12-2-5-16(26-9-12)29-15-4-3-13(8-14(15)20)19(22,23)24/h2-5,8-10H,6-7H2,1H3,(H,25,27,28). The Hall–Kier alpha value is -2.58. The summed E-state index contributed by atoms with van der Waals surface area (Å²) in [5.74, 6) is 0.872. The number of halogens is 5. The normalized spacial score (nSPS) is 11.4. The van der Waals surface area contributed by atoms with Crippen LogP contribution in [0.5, 0.6) is 11.6 Å². The minimum atomic E-state index is -4.47. The van der Waals surface area contributed by atoms with Crippen molar-refractivity contribution in [3.63, 3.8) is 0 Å². The van der Waals surface area contributed by atoms with Crippen LogP contribution in [0.25, 0.3) is 0 Å². The van der Waals surface area contributed by atoms with Gasteiger partial charge in [-0.05, 0) is 37.1 Å². The third-order valence-electron chi connectivity index (χ3n) is 3.94. The largest absolute Gasteiger partial charge is 0.437 e. The van der Waals surface area contributed by atoms with Crippen LogP contribution in [0.2, 0.25) is 10.0 Å². The number of aromatic nitrogens is 3. The molecule has 2 aromatic heterocycles. The fourth-order valence-electron chi connectivity index (χ4n) is 2.40. The highest BCUT2D eigenvalue weighted by Gasteiger charge is 2.31. The average molecular weight is 443 g/mol. The lowest BCUT2D eigenvalue weighted by Gasteiger charge is -2.11. The third kappa shape index (κ3) is 5.48. The Morgan fingerprint density at radius 1 is 1.07 bits per heavy atom. The number of nitrogens with one attached hydrogen (secondary N) is 1. The van der Waals surface area contributed by atoms with Crippen LogP contribution in [0, 0.1) is 6.92 Å². The van der Waals surface area contributed by atoms with Gasteiger partial charge in [0.15, 0.2) is 0 Å². The van der Waals surface area contributed by atoms with Gasteiger partial charge in [0.2, 0.25) is 5.88 Å². The van der Waals surface area contributed by atoms with Crippen molar-refractivity contribution >= 4 is 29.0 Å². The van der Waals surface area contributed by atoms with Gasteiger partial charge in [-0.1, -0.05) is 29.3 Å². The smallest absolute Gasteiger partial charge is 0.416 e. The molecule has 0 saturated carbocycles. The zero-order chi connectivity index (χ0) is 21.0. The summed E-state index contributed by atoms with van der Waals surface area (Å²) in [6.45, 7) is 2.36. The lowest BCUT2D eigenvalue weighted by molar-refractivity contribution is -0.137. The summed E-state index contributed by atoms with van der Waals surface area (Å²) in [5, 5.41) is 3.46. The van der Waals surface area contributed by atoms with Gasteiger partial charge in [0.25, 0.3) is 0 Å². The van der Waals surface area contributed by atoms with Gasteiger partial charge in [-0.3, -0.25) is 0 Å². The molecule has 0 fully saturated rings. The summed E-state index contributed by atoms with van der Waals surface area (Å²) in [5.41, 5.74) is 0.768. The zero-order valence-corrected chi connectivity index (χ0v) is 16.6. The summed E-state index contributed by atoms with van der Waals surface area (Å²) in [7, 11) is 0. The van der Waals surface area contributed by atoms with Crippen molar-refractivity contribution in [3.8, 4) is 11.6 Å². The number of alkyl halides is 3. The van der Waals surface area contributed by atoms with Crippen LogP contribution < -0.4 is 10.1 Å². The van der Waals surface area contributed by atoms with Gasteiger partial charge < -0.3 is 10.1 Å². The third-order valence-corrected chi connectivity index (χ3v) is 4.69. The first-order chi connectivity index (χ1) is 13.7. The number of hydrogen-bond acceptors (Lipinski definition) is 5. The molecule has 29 heavy (non-hydrogen) atoms. The summed E-state index contributed by atoms with van der Waals surface area (Å²) in [6, 6.07) is 6.30. The summed E-state index contributed by atoms with van der Waals surface area (Å²) in [4.78, 5) is 12.2. The van der Waals surface area contributed by atoms with E-state index in [-0.39, 0.29) is 16.7 Å². The molecule has 0 aliphatic rings. The fourth-order valence-corrected chi connectivity index (χ4v) is 2.78. The Balaban J connectivity index is 1.58. The van der Waals surface area contributed by atoms with Crippen molar-refractivity contribution in [2.24, 2.45) is 0 Å². The van der Waals surface area contributed by atoms with E-state index in [0.717, 1.165) is 23.8 Å². The van der Waals surface area contributed by atoms with Crippen molar-refractivity contribution in [2.75, 3.05) is 11.9 Å². The molecule has 152 valence electrons. The van der Waals surface area contributed by atoms with Gasteiger partial charge in [0.05, 0.1) is 16.3 Å². The second kappa shape index (κ2) is 8.84. The number of hydrogen-bond donors (Lipinski definition) is 1. The van der Waals surface area contributed by atoms with Crippen molar-refractivity contribution in [3.05, 3.63) is 69.7 Å².